The normalized spacial score (nSPS) is 13.5. The minimum absolute atomic E-state index is 0.0518. The maximum atomic E-state index is 14.0. The Morgan fingerprint density at radius 1 is 1.26 bits per heavy atom. The highest BCUT2D eigenvalue weighted by Gasteiger charge is 2.15. The fraction of sp³-hybridized carbons (Fsp3) is 0.286. The van der Waals surface area contributed by atoms with Gasteiger partial charge in [0.15, 0.2) is 0 Å². The first-order valence-electron chi connectivity index (χ1n) is 6.06. The van der Waals surface area contributed by atoms with Gasteiger partial charge in [-0.3, -0.25) is 0 Å². The molecule has 1 aromatic rings. The van der Waals surface area contributed by atoms with Crippen LogP contribution in [0.4, 0.5) is 15.8 Å². The summed E-state index contributed by atoms with van der Waals surface area (Å²) in [5.74, 6) is -0.296. The smallest absolute Gasteiger partial charge is 0.148 e. The monoisotopic (exact) mass is 256 g/mol. The number of rotatable bonds is 3. The molecule has 0 unspecified atom stereocenters. The van der Waals surface area contributed by atoms with Crippen molar-refractivity contribution in [3.05, 3.63) is 35.8 Å². The van der Waals surface area contributed by atoms with Gasteiger partial charge in [-0.05, 0) is 31.0 Å². The van der Waals surface area contributed by atoms with Gasteiger partial charge >= 0.3 is 0 Å². The number of hydrogen-bond donors (Lipinski definition) is 1. The molecule has 0 bridgehead atoms. The number of anilines is 2. The fourth-order valence-electron chi connectivity index (χ4n) is 2.06. The SMILES string of the molecule is N#CC(C#N)=CNc1ccc(N2CCCC2)c(F)c1. The number of nitriles is 2. The van der Waals surface area contributed by atoms with E-state index in [0.29, 0.717) is 11.4 Å². The maximum Gasteiger partial charge on any atom is 0.148 e. The summed E-state index contributed by atoms with van der Waals surface area (Å²) in [6.45, 7) is 1.77. The Balaban J connectivity index is 2.13. The molecule has 0 aromatic heterocycles. The quantitative estimate of drug-likeness (QED) is 0.845. The average molecular weight is 256 g/mol. The van der Waals surface area contributed by atoms with Crippen LogP contribution in [0.1, 0.15) is 12.8 Å². The summed E-state index contributed by atoms with van der Waals surface area (Å²) < 4.78 is 14.0. The second kappa shape index (κ2) is 5.88. The summed E-state index contributed by atoms with van der Waals surface area (Å²) >= 11 is 0. The molecule has 19 heavy (non-hydrogen) atoms. The highest BCUT2D eigenvalue weighted by molar-refractivity contribution is 5.58. The van der Waals surface area contributed by atoms with Crippen molar-refractivity contribution >= 4 is 11.4 Å². The molecule has 2 rings (SSSR count). The summed E-state index contributed by atoms with van der Waals surface area (Å²) in [6.07, 6.45) is 3.45. The number of allylic oxidation sites excluding steroid dienone is 1. The number of nitrogens with one attached hydrogen (secondary N) is 1. The average Bonchev–Trinajstić information content (AvgIpc) is 2.94. The van der Waals surface area contributed by atoms with Crippen LogP contribution < -0.4 is 10.2 Å². The van der Waals surface area contributed by atoms with E-state index in [-0.39, 0.29) is 11.4 Å². The number of nitrogens with zero attached hydrogens (tertiary/aromatic N) is 3. The van der Waals surface area contributed by atoms with Gasteiger partial charge in [0.2, 0.25) is 0 Å². The molecule has 0 spiro atoms. The van der Waals surface area contributed by atoms with E-state index in [4.69, 9.17) is 10.5 Å². The summed E-state index contributed by atoms with van der Waals surface area (Å²) in [5.41, 5.74) is 1.07. The van der Waals surface area contributed by atoms with Crippen LogP contribution in [0.5, 0.6) is 0 Å². The van der Waals surface area contributed by atoms with Gasteiger partial charge in [-0.25, -0.2) is 4.39 Å². The van der Waals surface area contributed by atoms with Crippen LogP contribution in [-0.4, -0.2) is 13.1 Å². The molecule has 0 radical (unpaired) electrons. The van der Waals surface area contributed by atoms with E-state index in [1.165, 1.54) is 12.3 Å². The van der Waals surface area contributed by atoms with Gasteiger partial charge in [-0.1, -0.05) is 0 Å². The third kappa shape index (κ3) is 3.02. The Morgan fingerprint density at radius 2 is 1.95 bits per heavy atom. The van der Waals surface area contributed by atoms with Gasteiger partial charge in [-0.2, -0.15) is 10.5 Å². The van der Waals surface area contributed by atoms with Gasteiger partial charge in [0.05, 0.1) is 5.69 Å². The number of hydrogen-bond acceptors (Lipinski definition) is 4. The second-order valence-electron chi connectivity index (χ2n) is 4.29. The predicted molar refractivity (Wildman–Crippen MR) is 70.8 cm³/mol. The van der Waals surface area contributed by atoms with E-state index < -0.39 is 0 Å². The summed E-state index contributed by atoms with van der Waals surface area (Å²) in [7, 11) is 0. The molecule has 0 atom stereocenters. The van der Waals surface area contributed by atoms with Crippen molar-refractivity contribution in [3.8, 4) is 12.1 Å². The molecular weight excluding hydrogens is 243 g/mol. The molecule has 1 saturated heterocycles. The molecule has 1 fully saturated rings. The molecule has 1 aliphatic heterocycles. The Bertz CT molecular complexity index is 558. The third-order valence-electron chi connectivity index (χ3n) is 3.02. The Morgan fingerprint density at radius 3 is 2.53 bits per heavy atom. The zero-order chi connectivity index (χ0) is 13.7. The molecule has 0 amide bonds. The standard InChI is InChI=1S/C14H13FN4/c15-13-7-12(18-10-11(8-16)9-17)3-4-14(13)19-5-1-2-6-19/h3-4,7,10,18H,1-2,5-6H2. The van der Waals surface area contributed by atoms with Crippen molar-refractivity contribution in [2.75, 3.05) is 23.3 Å². The van der Waals surface area contributed by atoms with Gasteiger partial charge in [-0.15, -0.1) is 0 Å². The van der Waals surface area contributed by atoms with Gasteiger partial charge in [0.1, 0.15) is 23.5 Å². The molecule has 1 N–H and O–H groups in total. The molecule has 5 heteroatoms. The van der Waals surface area contributed by atoms with Crippen molar-refractivity contribution < 1.29 is 4.39 Å². The maximum absolute atomic E-state index is 14.0. The zero-order valence-corrected chi connectivity index (χ0v) is 10.4. The lowest BCUT2D eigenvalue weighted by atomic mass is 10.2. The lowest BCUT2D eigenvalue weighted by Crippen LogP contribution is -2.18. The van der Waals surface area contributed by atoms with Crippen LogP contribution in [-0.2, 0) is 0 Å². The number of benzene rings is 1. The highest BCUT2D eigenvalue weighted by Crippen LogP contribution is 2.26. The second-order valence-corrected chi connectivity index (χ2v) is 4.29. The van der Waals surface area contributed by atoms with Crippen molar-refractivity contribution in [1.82, 2.24) is 0 Å². The van der Waals surface area contributed by atoms with Crippen LogP contribution >= 0.6 is 0 Å². The van der Waals surface area contributed by atoms with Crippen LogP contribution in [0.3, 0.4) is 0 Å². The first kappa shape index (κ1) is 12.9. The van der Waals surface area contributed by atoms with Crippen LogP contribution in [0.25, 0.3) is 0 Å². The summed E-state index contributed by atoms with van der Waals surface area (Å²) in [5, 5.41) is 19.9. The van der Waals surface area contributed by atoms with Crippen molar-refractivity contribution in [1.29, 1.82) is 10.5 Å². The van der Waals surface area contributed by atoms with E-state index in [2.05, 4.69) is 5.32 Å². The first-order chi connectivity index (χ1) is 9.24. The van der Waals surface area contributed by atoms with Gasteiger partial charge in [0.25, 0.3) is 0 Å². The Labute approximate surface area is 111 Å². The largest absolute Gasteiger partial charge is 0.369 e. The van der Waals surface area contributed by atoms with E-state index in [1.807, 2.05) is 4.90 Å². The van der Waals surface area contributed by atoms with E-state index in [9.17, 15) is 4.39 Å². The zero-order valence-electron chi connectivity index (χ0n) is 10.4. The first-order valence-corrected chi connectivity index (χ1v) is 6.06. The predicted octanol–water partition coefficient (Wildman–Crippen LogP) is 2.77. The molecule has 4 nitrogen and oxygen atoms in total. The topological polar surface area (TPSA) is 62.9 Å². The van der Waals surface area contributed by atoms with Crippen molar-refractivity contribution in [2.24, 2.45) is 0 Å². The lowest BCUT2D eigenvalue weighted by molar-refractivity contribution is 0.623. The molecule has 0 aliphatic carbocycles. The molecule has 96 valence electrons. The fourth-order valence-corrected chi connectivity index (χ4v) is 2.06. The van der Waals surface area contributed by atoms with Crippen molar-refractivity contribution in [2.45, 2.75) is 12.8 Å². The van der Waals surface area contributed by atoms with Crippen LogP contribution in [0, 0.1) is 28.5 Å². The van der Waals surface area contributed by atoms with Crippen LogP contribution in [0.2, 0.25) is 0 Å². The molecule has 1 aromatic carbocycles. The Kier molecular flexibility index (Phi) is 4.00. The number of halogens is 1. The molecular formula is C14H13FN4. The highest BCUT2D eigenvalue weighted by atomic mass is 19.1. The van der Waals surface area contributed by atoms with Crippen molar-refractivity contribution in [3.63, 3.8) is 0 Å². The molecule has 0 saturated carbocycles. The lowest BCUT2D eigenvalue weighted by Gasteiger charge is -2.18. The van der Waals surface area contributed by atoms with E-state index in [0.717, 1.165) is 25.9 Å². The van der Waals surface area contributed by atoms with E-state index >= 15 is 0 Å². The van der Waals surface area contributed by atoms with Gasteiger partial charge < -0.3 is 10.2 Å². The Hall–Kier alpha value is -2.53. The summed E-state index contributed by atoms with van der Waals surface area (Å²) in [4.78, 5) is 2.02. The molecule has 1 aliphatic rings. The van der Waals surface area contributed by atoms with Crippen LogP contribution in [0.15, 0.2) is 30.0 Å². The van der Waals surface area contributed by atoms with E-state index in [1.54, 1.807) is 24.3 Å². The minimum Gasteiger partial charge on any atom is -0.369 e. The third-order valence-corrected chi connectivity index (χ3v) is 3.02. The minimum atomic E-state index is -0.296. The molecule has 1 heterocycles. The summed E-state index contributed by atoms with van der Waals surface area (Å²) in [6, 6.07) is 8.28. The van der Waals surface area contributed by atoms with Gasteiger partial charge in [0, 0.05) is 25.0 Å².